The maximum atomic E-state index is 8.65. The summed E-state index contributed by atoms with van der Waals surface area (Å²) in [7, 11) is 3.14. The fourth-order valence-corrected chi connectivity index (χ4v) is 0.388. The summed E-state index contributed by atoms with van der Waals surface area (Å²) in [5.74, 6) is 0. The van der Waals surface area contributed by atoms with Gasteiger partial charge in [0.25, 0.3) is 0 Å². The van der Waals surface area contributed by atoms with Crippen molar-refractivity contribution in [3.63, 3.8) is 0 Å². The Hall–Kier alpha value is 1.09. The minimum absolute atomic E-state index is 0. The molecule has 0 atom stereocenters. The number of ether oxygens (including phenoxy) is 1. The number of rotatable bonds is 4. The Morgan fingerprint density at radius 2 is 1.58 bits per heavy atom. The van der Waals surface area contributed by atoms with Gasteiger partial charge in [-0.1, -0.05) is 6.92 Å². The molecule has 2 N–H and O–H groups in total. The van der Waals surface area contributed by atoms with E-state index < -0.39 is 5.41 Å². The van der Waals surface area contributed by atoms with E-state index in [-0.39, 0.29) is 85.2 Å². The smallest absolute Gasteiger partial charge is 0.0527 e. The molecule has 0 aromatic carbocycles. The van der Waals surface area contributed by atoms with Gasteiger partial charge in [-0.05, 0) is 0 Å². The largest absolute Gasteiger partial charge is 0.554 e. The molecular weight excluding hydrogens is 565 g/mol. The minimum Gasteiger partial charge on any atom is -0.554 e. The third kappa shape index (κ3) is 9.18. The topological polar surface area (TPSA) is 49.7 Å². The molecule has 2 radical (unpaired) electrons. The summed E-state index contributed by atoms with van der Waals surface area (Å²) in [4.78, 5) is 0. The van der Waals surface area contributed by atoms with E-state index in [9.17, 15) is 0 Å². The van der Waals surface area contributed by atoms with Crippen molar-refractivity contribution in [3.8, 4) is 0 Å². The summed E-state index contributed by atoms with van der Waals surface area (Å²) >= 11 is 0. The van der Waals surface area contributed by atoms with E-state index in [1.54, 1.807) is 6.92 Å². The molecule has 0 amide bonds. The molecule has 0 bridgehead atoms. The van der Waals surface area contributed by atoms with Gasteiger partial charge in [-0.15, -0.1) is 0 Å². The maximum absolute atomic E-state index is 8.65. The molecule has 0 aromatic rings. The molecule has 0 aromatic heterocycles. The molecule has 0 saturated heterocycles. The van der Waals surface area contributed by atoms with Crippen molar-refractivity contribution < 1.29 is 80.4 Å². The van der Waals surface area contributed by atoms with Gasteiger partial charge in [0.05, 0.1) is 13.2 Å². The first kappa shape index (κ1) is 23.2. The normalized spacial score (nSPS) is 9.00. The van der Waals surface area contributed by atoms with E-state index in [4.69, 9.17) is 10.2 Å². The Balaban J connectivity index is -0.000000107. The second-order valence-electron chi connectivity index (χ2n) is 2.48. The van der Waals surface area contributed by atoms with Crippen LogP contribution in [0.3, 0.4) is 0 Å². The zero-order chi connectivity index (χ0) is 7.33. The molecule has 0 rings (SSSR count). The SMILES string of the molecule is [CH2-]OCC(C)(CO)CO.[Rf].[Y].[Y]. The van der Waals surface area contributed by atoms with Crippen molar-refractivity contribution in [2.75, 3.05) is 19.8 Å². The zero-order valence-corrected chi connectivity index (χ0v) is 19.6. The molecule has 0 unspecified atom stereocenters. The van der Waals surface area contributed by atoms with Crippen molar-refractivity contribution in [2.24, 2.45) is 5.41 Å². The minimum atomic E-state index is -0.540. The van der Waals surface area contributed by atoms with Gasteiger partial charge >= 0.3 is 0 Å². The molecule has 0 saturated carbocycles. The van der Waals surface area contributed by atoms with Gasteiger partial charge < -0.3 is 14.9 Å². The molecular formula is C6H13O3RfY2-. The molecule has 0 spiro atoms. The fourth-order valence-electron chi connectivity index (χ4n) is 0.388. The first-order chi connectivity index (χ1) is 4.18. The predicted molar refractivity (Wildman–Crippen MR) is 33.6 cm³/mol. The second-order valence-corrected chi connectivity index (χ2v) is 2.48. The summed E-state index contributed by atoms with van der Waals surface area (Å²) in [5, 5.41) is 17.3. The van der Waals surface area contributed by atoms with E-state index in [0.717, 1.165) is 0 Å². The second kappa shape index (κ2) is 12.1. The first-order valence-electron chi connectivity index (χ1n) is 2.77. The van der Waals surface area contributed by atoms with Crippen LogP contribution in [-0.4, -0.2) is 30.0 Å². The average molecular weight is 578 g/mol. The first-order valence-corrected chi connectivity index (χ1v) is 2.77. The van der Waals surface area contributed by atoms with Gasteiger partial charge in [0.2, 0.25) is 0 Å². The Labute approximate surface area is 118 Å². The molecule has 0 aliphatic heterocycles. The van der Waals surface area contributed by atoms with E-state index in [1.807, 2.05) is 0 Å². The molecule has 0 aliphatic rings. The number of aliphatic hydroxyl groups excluding tert-OH is 2. The molecule has 0 fully saturated rings. The Kier molecular flexibility index (Phi) is 23.3. The van der Waals surface area contributed by atoms with Gasteiger partial charge in [-0.2, -0.15) is 0 Å². The Morgan fingerprint density at radius 1 is 1.25 bits per heavy atom. The van der Waals surface area contributed by atoms with Crippen LogP contribution in [0, 0.1) is 12.5 Å². The van der Waals surface area contributed by atoms with Gasteiger partial charge in [-0.3, -0.25) is 0 Å². The standard InChI is InChI=1S/C6H13O3.Rf.2Y/c1-6(3-7,4-8)5-9-2;;;/h7-8H,2-5H2,1H3;;;/q-1;;;. The maximum Gasteiger partial charge on any atom is 0.0527 e. The van der Waals surface area contributed by atoms with Crippen LogP contribution in [0.4, 0.5) is 0 Å². The van der Waals surface area contributed by atoms with Crippen LogP contribution < -0.4 is 0 Å². The van der Waals surface area contributed by atoms with Crippen LogP contribution in [0.25, 0.3) is 0 Å². The van der Waals surface area contributed by atoms with Gasteiger partial charge in [0, 0.05) is 77.4 Å². The van der Waals surface area contributed by atoms with Crippen LogP contribution in [0.2, 0.25) is 0 Å². The summed E-state index contributed by atoms with van der Waals surface area (Å²) in [6.07, 6.45) is 0. The van der Waals surface area contributed by atoms with Crippen molar-refractivity contribution in [3.05, 3.63) is 7.11 Å². The van der Waals surface area contributed by atoms with Gasteiger partial charge in [-0.25, -0.2) is 7.11 Å². The van der Waals surface area contributed by atoms with Crippen molar-refractivity contribution in [1.29, 1.82) is 0 Å². The monoisotopic (exact) mass is 578 g/mol. The summed E-state index contributed by atoms with van der Waals surface area (Å²) in [6, 6.07) is 0. The van der Waals surface area contributed by atoms with Gasteiger partial charge in [0.1, 0.15) is 0 Å². The van der Waals surface area contributed by atoms with E-state index in [1.165, 1.54) is 0 Å². The van der Waals surface area contributed by atoms with Crippen molar-refractivity contribution in [2.45, 2.75) is 6.92 Å². The zero-order valence-electron chi connectivity index (χ0n) is 7.49. The number of hydrogen-bond donors (Lipinski definition) is 2. The molecule has 3 nitrogen and oxygen atoms in total. The van der Waals surface area contributed by atoms with E-state index >= 15 is 0 Å². The van der Waals surface area contributed by atoms with E-state index in [2.05, 4.69) is 11.8 Å². The van der Waals surface area contributed by atoms with Gasteiger partial charge in [0.15, 0.2) is 0 Å². The molecule has 64 valence electrons. The molecule has 6 heteroatoms. The predicted octanol–water partition coefficient (Wildman–Crippen LogP) is -0.220. The summed E-state index contributed by atoms with van der Waals surface area (Å²) in [5.41, 5.74) is -0.540. The van der Waals surface area contributed by atoms with Crippen molar-refractivity contribution >= 4 is 0 Å². The number of aliphatic hydroxyl groups is 2. The quantitative estimate of drug-likeness (QED) is 0.455. The third-order valence-corrected chi connectivity index (χ3v) is 1.21. The molecule has 0 aliphatic carbocycles. The average Bonchev–Trinajstić information content (AvgIpc) is 1.89. The van der Waals surface area contributed by atoms with Crippen LogP contribution >= 0.6 is 0 Å². The summed E-state index contributed by atoms with van der Waals surface area (Å²) < 4.78 is 4.52. The van der Waals surface area contributed by atoms with Crippen LogP contribution in [-0.2, 0) is 70.2 Å². The fraction of sp³-hybridized carbons (Fsp3) is 0.833. The van der Waals surface area contributed by atoms with Crippen LogP contribution in [0.1, 0.15) is 6.92 Å². The number of hydrogen-bond acceptors (Lipinski definition) is 3. The Bertz CT molecular complexity index is 81.2. The molecule has 0 heterocycles. The molecule has 12 heavy (non-hydrogen) atoms. The third-order valence-electron chi connectivity index (χ3n) is 1.21. The van der Waals surface area contributed by atoms with Crippen LogP contribution in [0.15, 0.2) is 0 Å². The van der Waals surface area contributed by atoms with E-state index in [0.29, 0.717) is 0 Å². The van der Waals surface area contributed by atoms with Crippen LogP contribution in [0.5, 0.6) is 0 Å². The summed E-state index contributed by atoms with van der Waals surface area (Å²) in [6.45, 7) is 1.83. The van der Waals surface area contributed by atoms with Crippen molar-refractivity contribution in [1.82, 2.24) is 0 Å². The Morgan fingerprint density at radius 3 is 1.67 bits per heavy atom.